The predicted octanol–water partition coefficient (Wildman–Crippen LogP) is 3.76. The van der Waals surface area contributed by atoms with Gasteiger partial charge in [0.25, 0.3) is 11.8 Å². The number of anilines is 2. The molecule has 0 spiro atoms. The summed E-state index contributed by atoms with van der Waals surface area (Å²) in [6, 6.07) is 24.1. The van der Waals surface area contributed by atoms with Gasteiger partial charge in [0.05, 0.1) is 5.69 Å². The van der Waals surface area contributed by atoms with Crippen molar-refractivity contribution < 1.29 is 9.59 Å². The van der Waals surface area contributed by atoms with Crippen LogP contribution in [0.4, 0.5) is 11.4 Å². The average Bonchev–Trinajstić information content (AvgIpc) is 2.64. The van der Waals surface area contributed by atoms with E-state index in [0.717, 1.165) is 0 Å². The van der Waals surface area contributed by atoms with E-state index in [1.54, 1.807) is 72.8 Å². The van der Waals surface area contributed by atoms with Crippen LogP contribution in [-0.4, -0.2) is 11.8 Å². The Balaban J connectivity index is 2.05. The first-order chi connectivity index (χ1) is 11.7. The summed E-state index contributed by atoms with van der Waals surface area (Å²) in [6.07, 6.45) is 0. The fraction of sp³-hybridized carbons (Fsp3) is 0. The summed E-state index contributed by atoms with van der Waals surface area (Å²) >= 11 is 0. The number of carbonyl (C=O) groups is 2. The molecule has 2 N–H and O–H groups in total. The number of hydrogen-bond acceptors (Lipinski definition) is 3. The first kappa shape index (κ1) is 15.5. The largest absolute Gasteiger partial charge is 0.399 e. The molecule has 0 aromatic heterocycles. The highest BCUT2D eigenvalue weighted by molar-refractivity contribution is 6.25. The lowest BCUT2D eigenvalue weighted by Gasteiger charge is -2.21. The third-order valence-corrected chi connectivity index (χ3v) is 3.60. The van der Waals surface area contributed by atoms with Gasteiger partial charge in [-0.05, 0) is 48.5 Å². The lowest BCUT2D eigenvalue weighted by Crippen LogP contribution is -2.37. The van der Waals surface area contributed by atoms with E-state index >= 15 is 0 Å². The van der Waals surface area contributed by atoms with Gasteiger partial charge < -0.3 is 5.73 Å². The molecular weight excluding hydrogens is 300 g/mol. The molecule has 0 saturated carbocycles. The molecule has 3 aromatic carbocycles. The van der Waals surface area contributed by atoms with Crippen LogP contribution < -0.4 is 10.6 Å². The van der Waals surface area contributed by atoms with Crippen LogP contribution in [0.25, 0.3) is 0 Å². The van der Waals surface area contributed by atoms with E-state index in [1.165, 1.54) is 4.90 Å². The summed E-state index contributed by atoms with van der Waals surface area (Å²) < 4.78 is 0. The number of nitrogen functional groups attached to an aromatic ring is 1. The standard InChI is InChI=1S/C20H16N2O2/c21-17-11-13-18(14-12-17)22(19(23)15-7-3-1-4-8-15)20(24)16-9-5-2-6-10-16/h1-14H,21H2. The van der Waals surface area contributed by atoms with Crippen molar-refractivity contribution in [1.29, 1.82) is 0 Å². The molecule has 2 amide bonds. The highest BCUT2D eigenvalue weighted by atomic mass is 16.2. The van der Waals surface area contributed by atoms with Gasteiger partial charge in [-0.25, -0.2) is 4.90 Å². The van der Waals surface area contributed by atoms with Crippen LogP contribution in [-0.2, 0) is 0 Å². The second-order valence-corrected chi connectivity index (χ2v) is 5.27. The zero-order chi connectivity index (χ0) is 16.9. The first-order valence-corrected chi connectivity index (χ1v) is 7.51. The molecular formula is C20H16N2O2. The highest BCUT2D eigenvalue weighted by Crippen LogP contribution is 2.21. The van der Waals surface area contributed by atoms with Gasteiger partial charge in [-0.15, -0.1) is 0 Å². The van der Waals surface area contributed by atoms with Crippen LogP contribution in [0.15, 0.2) is 84.9 Å². The smallest absolute Gasteiger partial charge is 0.265 e. The maximum atomic E-state index is 12.9. The molecule has 0 bridgehead atoms. The molecule has 118 valence electrons. The fourth-order valence-electron chi connectivity index (χ4n) is 2.37. The second kappa shape index (κ2) is 6.79. The predicted molar refractivity (Wildman–Crippen MR) is 94.9 cm³/mol. The van der Waals surface area contributed by atoms with E-state index < -0.39 is 0 Å². The Morgan fingerprint density at radius 1 is 0.625 bits per heavy atom. The number of rotatable bonds is 3. The molecule has 4 heteroatoms. The summed E-state index contributed by atoms with van der Waals surface area (Å²) in [5, 5.41) is 0. The molecule has 3 rings (SSSR count). The van der Waals surface area contributed by atoms with E-state index in [1.807, 2.05) is 12.1 Å². The normalized spacial score (nSPS) is 10.2. The van der Waals surface area contributed by atoms with Gasteiger partial charge in [0.2, 0.25) is 0 Å². The summed E-state index contributed by atoms with van der Waals surface area (Å²) in [7, 11) is 0. The summed E-state index contributed by atoms with van der Waals surface area (Å²) in [4.78, 5) is 27.0. The molecule has 0 atom stereocenters. The Hall–Kier alpha value is -3.40. The van der Waals surface area contributed by atoms with Gasteiger partial charge in [0.15, 0.2) is 0 Å². The Labute approximate surface area is 140 Å². The zero-order valence-electron chi connectivity index (χ0n) is 12.9. The second-order valence-electron chi connectivity index (χ2n) is 5.27. The fourth-order valence-corrected chi connectivity index (χ4v) is 2.37. The van der Waals surface area contributed by atoms with Gasteiger partial charge in [0.1, 0.15) is 0 Å². The van der Waals surface area contributed by atoms with Gasteiger partial charge in [-0.1, -0.05) is 36.4 Å². The Bertz CT molecular complexity index is 792. The topological polar surface area (TPSA) is 63.4 Å². The number of amides is 2. The lowest BCUT2D eigenvalue weighted by atomic mass is 10.1. The van der Waals surface area contributed by atoms with E-state index in [-0.39, 0.29) is 11.8 Å². The number of hydrogen-bond donors (Lipinski definition) is 1. The van der Waals surface area contributed by atoms with Gasteiger partial charge in [0, 0.05) is 16.8 Å². The third kappa shape index (κ3) is 3.17. The molecule has 0 aliphatic heterocycles. The van der Waals surface area contributed by atoms with Gasteiger partial charge >= 0.3 is 0 Å². The molecule has 0 aliphatic rings. The summed E-state index contributed by atoms with van der Waals surface area (Å²) in [5.74, 6) is -0.761. The van der Waals surface area contributed by atoms with Crippen molar-refractivity contribution in [2.24, 2.45) is 0 Å². The van der Waals surface area contributed by atoms with Crippen molar-refractivity contribution in [1.82, 2.24) is 0 Å². The maximum Gasteiger partial charge on any atom is 0.265 e. The molecule has 0 saturated heterocycles. The number of imide groups is 1. The van der Waals surface area contributed by atoms with Crippen molar-refractivity contribution in [3.8, 4) is 0 Å². The van der Waals surface area contributed by atoms with Crippen molar-refractivity contribution >= 4 is 23.2 Å². The lowest BCUT2D eigenvalue weighted by molar-refractivity contribution is 0.0897. The zero-order valence-corrected chi connectivity index (χ0v) is 12.9. The van der Waals surface area contributed by atoms with Crippen LogP contribution in [0, 0.1) is 0 Å². The molecule has 0 heterocycles. The van der Waals surface area contributed by atoms with E-state index in [9.17, 15) is 9.59 Å². The SMILES string of the molecule is Nc1ccc(N(C(=O)c2ccccc2)C(=O)c2ccccc2)cc1. The molecule has 0 unspecified atom stereocenters. The van der Waals surface area contributed by atoms with Gasteiger partial charge in [-0.3, -0.25) is 9.59 Å². The van der Waals surface area contributed by atoms with Crippen LogP contribution in [0.5, 0.6) is 0 Å². The molecule has 3 aromatic rings. The van der Waals surface area contributed by atoms with Crippen LogP contribution in [0.2, 0.25) is 0 Å². The van der Waals surface area contributed by atoms with Crippen molar-refractivity contribution in [3.05, 3.63) is 96.1 Å². The van der Waals surface area contributed by atoms with Gasteiger partial charge in [-0.2, -0.15) is 0 Å². The van der Waals surface area contributed by atoms with Crippen molar-refractivity contribution in [2.75, 3.05) is 10.6 Å². The molecule has 0 aliphatic carbocycles. The monoisotopic (exact) mass is 316 g/mol. The molecule has 24 heavy (non-hydrogen) atoms. The highest BCUT2D eigenvalue weighted by Gasteiger charge is 2.25. The Morgan fingerprint density at radius 2 is 1.04 bits per heavy atom. The maximum absolute atomic E-state index is 12.9. The van der Waals surface area contributed by atoms with E-state index in [2.05, 4.69) is 0 Å². The molecule has 0 fully saturated rings. The van der Waals surface area contributed by atoms with Crippen LogP contribution >= 0.6 is 0 Å². The van der Waals surface area contributed by atoms with Crippen LogP contribution in [0.3, 0.4) is 0 Å². The quantitative estimate of drug-likeness (QED) is 0.591. The first-order valence-electron chi connectivity index (χ1n) is 7.51. The van der Waals surface area contributed by atoms with E-state index in [4.69, 9.17) is 5.73 Å². The third-order valence-electron chi connectivity index (χ3n) is 3.60. The number of nitrogens with two attached hydrogens (primary N) is 1. The van der Waals surface area contributed by atoms with Crippen LogP contribution in [0.1, 0.15) is 20.7 Å². The number of benzene rings is 3. The number of carbonyl (C=O) groups excluding carboxylic acids is 2. The average molecular weight is 316 g/mol. The minimum absolute atomic E-state index is 0.380. The number of nitrogens with zero attached hydrogens (tertiary/aromatic N) is 1. The van der Waals surface area contributed by atoms with Crippen molar-refractivity contribution in [2.45, 2.75) is 0 Å². The Morgan fingerprint density at radius 3 is 1.46 bits per heavy atom. The van der Waals surface area contributed by atoms with E-state index in [0.29, 0.717) is 22.5 Å². The molecule has 4 nitrogen and oxygen atoms in total. The molecule has 0 radical (unpaired) electrons. The minimum atomic E-state index is -0.380. The summed E-state index contributed by atoms with van der Waals surface area (Å²) in [6.45, 7) is 0. The summed E-state index contributed by atoms with van der Waals surface area (Å²) in [5.41, 5.74) is 7.65. The minimum Gasteiger partial charge on any atom is -0.399 e. The van der Waals surface area contributed by atoms with Crippen molar-refractivity contribution in [3.63, 3.8) is 0 Å². The Kier molecular flexibility index (Phi) is 4.38.